The highest BCUT2D eigenvalue weighted by molar-refractivity contribution is 6.16. The van der Waals surface area contributed by atoms with Crippen molar-refractivity contribution in [1.82, 2.24) is 10.2 Å². The first-order valence-corrected chi connectivity index (χ1v) is 12.7. The molecule has 0 radical (unpaired) electrons. The lowest BCUT2D eigenvalue weighted by atomic mass is 10.1. The Morgan fingerprint density at radius 3 is 2.54 bits per heavy atom. The average Bonchev–Trinajstić information content (AvgIpc) is 3.48. The minimum Gasteiger partial charge on any atom is -0.493 e. The van der Waals surface area contributed by atoms with Crippen molar-refractivity contribution < 1.29 is 24.9 Å². The molecule has 7 nitrogen and oxygen atoms in total. The van der Waals surface area contributed by atoms with Crippen LogP contribution in [-0.4, -0.2) is 35.3 Å². The van der Waals surface area contributed by atoms with Crippen LogP contribution in [-0.2, 0) is 16.1 Å². The lowest BCUT2D eigenvalue weighted by Gasteiger charge is -2.24. The van der Waals surface area contributed by atoms with E-state index in [4.69, 9.17) is 10.5 Å². The van der Waals surface area contributed by atoms with Crippen molar-refractivity contribution in [2.45, 2.75) is 51.1 Å². The predicted octanol–water partition coefficient (Wildman–Crippen LogP) is 5.27. The first-order chi connectivity index (χ1) is 18.5. The molecule has 5 rings (SSSR count). The lowest BCUT2D eigenvalue weighted by molar-refractivity contribution is -0.123. The van der Waals surface area contributed by atoms with Crippen molar-refractivity contribution >= 4 is 17.7 Å². The van der Waals surface area contributed by atoms with Crippen molar-refractivity contribution in [2.75, 3.05) is 6.61 Å². The van der Waals surface area contributed by atoms with Crippen LogP contribution in [0.3, 0.4) is 0 Å². The topological polar surface area (TPSA) is 88.9 Å². The van der Waals surface area contributed by atoms with E-state index in [1.54, 1.807) is 23.3 Å². The van der Waals surface area contributed by atoms with Crippen LogP contribution in [0, 0.1) is 0 Å². The molecule has 1 unspecified atom stereocenters. The third-order valence-corrected chi connectivity index (χ3v) is 6.49. The second kappa shape index (κ2) is 11.3. The summed E-state index contributed by atoms with van der Waals surface area (Å²) in [4.78, 5) is 38.1. The van der Waals surface area contributed by atoms with Crippen LogP contribution in [0.5, 0.6) is 5.75 Å². The Balaban J connectivity index is 1.20. The quantitative estimate of drug-likeness (QED) is 0.271. The van der Waals surface area contributed by atoms with Gasteiger partial charge in [-0.05, 0) is 68.9 Å². The number of furan rings is 1. The third kappa shape index (κ3) is 6.17. The van der Waals surface area contributed by atoms with E-state index in [9.17, 15) is 14.4 Å². The summed E-state index contributed by atoms with van der Waals surface area (Å²) in [5.74, 6) is 0.521. The van der Waals surface area contributed by atoms with Gasteiger partial charge in [0.1, 0.15) is 11.5 Å². The van der Waals surface area contributed by atoms with Crippen LogP contribution in [0.1, 0.15) is 55.8 Å². The van der Waals surface area contributed by atoms with Crippen LogP contribution >= 0.6 is 0 Å². The molecule has 3 amide bonds. The molecule has 2 aromatic carbocycles. The maximum absolute atomic E-state index is 13.5. The van der Waals surface area contributed by atoms with Gasteiger partial charge in [-0.15, -0.1) is 0 Å². The zero-order valence-electron chi connectivity index (χ0n) is 21.5. The zero-order valence-corrected chi connectivity index (χ0v) is 20.5. The van der Waals surface area contributed by atoms with Gasteiger partial charge in [-0.3, -0.25) is 19.7 Å². The SMILES string of the molecule is [2H]C(c1ccccc1OCCCCCC1=CC(=O)NC1=O)N(C(=O)c1ccc(-c2ccco2)cc1)C1CC1. The minimum atomic E-state index is -0.888. The van der Waals surface area contributed by atoms with Gasteiger partial charge in [-0.2, -0.15) is 0 Å². The minimum absolute atomic E-state index is 0.0387. The van der Waals surface area contributed by atoms with E-state index >= 15 is 0 Å². The Hall–Kier alpha value is -4.13. The molecule has 0 spiro atoms. The third-order valence-electron chi connectivity index (χ3n) is 6.49. The molecule has 0 bridgehead atoms. The first kappa shape index (κ1) is 23.3. The van der Waals surface area contributed by atoms with Gasteiger partial charge in [-0.25, -0.2) is 0 Å². The van der Waals surface area contributed by atoms with Crippen LogP contribution in [0.15, 0.2) is 83.0 Å². The van der Waals surface area contributed by atoms with Gasteiger partial charge in [0.2, 0.25) is 0 Å². The Morgan fingerprint density at radius 1 is 1.03 bits per heavy atom. The number of unbranched alkanes of at least 4 members (excludes halogenated alkanes) is 2. The van der Waals surface area contributed by atoms with Gasteiger partial charge >= 0.3 is 0 Å². The predicted molar refractivity (Wildman–Crippen MR) is 139 cm³/mol. The van der Waals surface area contributed by atoms with E-state index < -0.39 is 6.52 Å². The average molecular weight is 500 g/mol. The molecular weight excluding hydrogens is 468 g/mol. The van der Waals surface area contributed by atoms with Crippen molar-refractivity contribution in [2.24, 2.45) is 0 Å². The van der Waals surface area contributed by atoms with Crippen molar-refractivity contribution in [3.63, 3.8) is 0 Å². The van der Waals surface area contributed by atoms with Crippen molar-refractivity contribution in [1.29, 1.82) is 0 Å². The molecule has 1 fully saturated rings. The number of para-hydroxylation sites is 1. The highest BCUT2D eigenvalue weighted by atomic mass is 16.5. The Bertz CT molecular complexity index is 1330. The molecule has 1 aromatic heterocycles. The molecule has 1 aliphatic carbocycles. The second-order valence-electron chi connectivity index (χ2n) is 9.31. The number of ether oxygens (including phenoxy) is 1. The molecule has 1 aliphatic heterocycles. The molecule has 190 valence electrons. The number of carbonyl (C=O) groups excluding carboxylic acids is 3. The number of hydrogen-bond donors (Lipinski definition) is 1. The van der Waals surface area contributed by atoms with Crippen molar-refractivity contribution in [3.8, 4) is 17.1 Å². The maximum atomic E-state index is 13.5. The molecular formula is C30H30N2O5. The van der Waals surface area contributed by atoms with E-state index in [-0.39, 0.29) is 23.8 Å². The number of benzene rings is 2. The fourth-order valence-corrected chi connectivity index (χ4v) is 4.33. The standard InChI is InChI=1S/C30H30N2O5/c33-28-19-23(29(34)31-28)7-2-1-5-17-36-27-9-4-3-8-24(27)20-32(25-15-16-25)30(35)22-13-11-21(12-14-22)26-10-6-18-37-26/h3-4,6,8-14,18-19,25H,1-2,5,7,15-17,20H2,(H,31,33,34)/i20D. The van der Waals surface area contributed by atoms with E-state index in [0.29, 0.717) is 35.5 Å². The number of imide groups is 1. The fourth-order valence-electron chi connectivity index (χ4n) is 4.33. The zero-order chi connectivity index (χ0) is 26.5. The van der Waals surface area contributed by atoms with E-state index in [2.05, 4.69) is 5.32 Å². The summed E-state index contributed by atoms with van der Waals surface area (Å²) in [6.07, 6.45) is 7.70. The van der Waals surface area contributed by atoms with E-state index in [1.807, 2.05) is 48.5 Å². The van der Waals surface area contributed by atoms with Gasteiger partial charge in [0.15, 0.2) is 0 Å². The van der Waals surface area contributed by atoms with Crippen LogP contribution in [0.25, 0.3) is 11.3 Å². The second-order valence-corrected chi connectivity index (χ2v) is 9.31. The Kier molecular flexibility index (Phi) is 7.10. The van der Waals surface area contributed by atoms with Crippen LogP contribution in [0.2, 0.25) is 0 Å². The number of rotatable bonds is 12. The highest BCUT2D eigenvalue weighted by Crippen LogP contribution is 2.32. The summed E-state index contributed by atoms with van der Waals surface area (Å²) in [5, 5.41) is 2.26. The monoisotopic (exact) mass is 499 g/mol. The van der Waals surface area contributed by atoms with E-state index in [1.165, 1.54) is 6.08 Å². The Labute approximate surface area is 217 Å². The molecule has 1 N–H and O–H groups in total. The molecule has 7 heteroatoms. The smallest absolute Gasteiger partial charge is 0.254 e. The van der Waals surface area contributed by atoms with Crippen LogP contribution in [0.4, 0.5) is 0 Å². The summed E-state index contributed by atoms with van der Waals surface area (Å²) in [7, 11) is 0. The fraction of sp³-hybridized carbons (Fsp3) is 0.300. The van der Waals surface area contributed by atoms with Gasteiger partial charge < -0.3 is 14.1 Å². The number of hydrogen-bond acceptors (Lipinski definition) is 5. The molecule has 1 atom stereocenters. The molecule has 37 heavy (non-hydrogen) atoms. The summed E-state index contributed by atoms with van der Waals surface area (Å²) in [6.45, 7) is -0.430. The van der Waals surface area contributed by atoms with Crippen LogP contribution < -0.4 is 10.1 Å². The molecule has 2 heterocycles. The summed E-state index contributed by atoms with van der Waals surface area (Å²) < 4.78 is 20.5. The van der Waals surface area contributed by atoms with Gasteiger partial charge in [0, 0.05) is 40.9 Å². The maximum Gasteiger partial charge on any atom is 0.254 e. The number of nitrogens with one attached hydrogen (secondary N) is 1. The lowest BCUT2D eigenvalue weighted by Crippen LogP contribution is -2.32. The number of nitrogens with zero attached hydrogens (tertiary/aromatic N) is 1. The Morgan fingerprint density at radius 2 is 1.84 bits per heavy atom. The van der Waals surface area contributed by atoms with Crippen molar-refractivity contribution in [3.05, 3.63) is 89.7 Å². The molecule has 2 aliphatic rings. The number of carbonyl (C=O) groups is 3. The van der Waals surface area contributed by atoms with Gasteiger partial charge in [-0.1, -0.05) is 30.3 Å². The van der Waals surface area contributed by atoms with E-state index in [0.717, 1.165) is 43.4 Å². The van der Waals surface area contributed by atoms with Gasteiger partial charge in [0.25, 0.3) is 17.7 Å². The highest BCUT2D eigenvalue weighted by Gasteiger charge is 2.33. The molecule has 1 saturated carbocycles. The molecule has 3 aromatic rings. The summed E-state index contributed by atoms with van der Waals surface area (Å²) >= 11 is 0. The first-order valence-electron chi connectivity index (χ1n) is 13.3. The largest absolute Gasteiger partial charge is 0.493 e. The van der Waals surface area contributed by atoms with Gasteiger partial charge in [0.05, 0.1) is 14.2 Å². The summed E-state index contributed by atoms with van der Waals surface area (Å²) in [5.41, 5.74) is 2.61. The normalized spacial score (nSPS) is 16.1. The number of amides is 3. The summed E-state index contributed by atoms with van der Waals surface area (Å²) in [6, 6.07) is 18.4. The molecule has 0 saturated heterocycles.